The molecule has 0 aliphatic carbocycles. The third-order valence-electron chi connectivity index (χ3n) is 4.50. The summed E-state index contributed by atoms with van der Waals surface area (Å²) in [5.41, 5.74) is 3.76. The lowest BCUT2D eigenvalue weighted by atomic mass is 10.1. The van der Waals surface area contributed by atoms with E-state index in [2.05, 4.69) is 12.2 Å². The van der Waals surface area contributed by atoms with Gasteiger partial charge >= 0.3 is 0 Å². The van der Waals surface area contributed by atoms with Crippen molar-refractivity contribution in [2.45, 2.75) is 38.5 Å². The van der Waals surface area contributed by atoms with Crippen molar-refractivity contribution >= 4 is 35.0 Å². The Balaban J connectivity index is 1.91. The van der Waals surface area contributed by atoms with Crippen LogP contribution >= 0.6 is 11.8 Å². The number of thioether (sulfide) groups is 1. The van der Waals surface area contributed by atoms with Gasteiger partial charge in [-0.3, -0.25) is 14.5 Å². The average molecular weight is 369 g/mol. The van der Waals surface area contributed by atoms with E-state index in [-0.39, 0.29) is 17.2 Å². The summed E-state index contributed by atoms with van der Waals surface area (Å²) in [4.78, 5) is 26.7. The van der Waals surface area contributed by atoms with Gasteiger partial charge in [-0.1, -0.05) is 49.7 Å². The van der Waals surface area contributed by atoms with Crippen LogP contribution in [0.5, 0.6) is 0 Å². The SMILES string of the molecule is CCCCC(=O)Nc1ccccc1[C@H]1SCC(=O)N1c1ccccc1C. The van der Waals surface area contributed by atoms with Crippen LogP contribution in [0.3, 0.4) is 0 Å². The van der Waals surface area contributed by atoms with Crippen LogP contribution in [0.1, 0.15) is 42.7 Å². The summed E-state index contributed by atoms with van der Waals surface area (Å²) in [6, 6.07) is 15.7. The average Bonchev–Trinajstić information content (AvgIpc) is 3.02. The zero-order chi connectivity index (χ0) is 18.5. The molecule has 1 N–H and O–H groups in total. The van der Waals surface area contributed by atoms with Gasteiger partial charge in [0.15, 0.2) is 0 Å². The van der Waals surface area contributed by atoms with Crippen LogP contribution in [-0.4, -0.2) is 17.6 Å². The molecule has 0 spiro atoms. The summed E-state index contributed by atoms with van der Waals surface area (Å²) < 4.78 is 0. The van der Waals surface area contributed by atoms with Gasteiger partial charge in [-0.15, -0.1) is 11.8 Å². The fourth-order valence-corrected chi connectivity index (χ4v) is 4.33. The number of benzene rings is 2. The van der Waals surface area contributed by atoms with Crippen molar-refractivity contribution in [1.82, 2.24) is 0 Å². The Bertz CT molecular complexity index is 806. The standard InChI is InChI=1S/C21H24N2O2S/c1-3-4-13-19(24)22-17-11-7-6-10-16(17)21-23(20(25)14-26-21)18-12-8-5-9-15(18)2/h5-12,21H,3-4,13-14H2,1-2H3,(H,22,24)/t21-/m1/s1. The lowest BCUT2D eigenvalue weighted by molar-refractivity contribution is -0.116. The van der Waals surface area contributed by atoms with Crippen LogP contribution < -0.4 is 10.2 Å². The molecule has 5 heteroatoms. The topological polar surface area (TPSA) is 49.4 Å². The monoisotopic (exact) mass is 368 g/mol. The number of unbranched alkanes of at least 4 members (excludes halogenated alkanes) is 1. The van der Waals surface area contributed by atoms with Crippen molar-refractivity contribution in [2.75, 3.05) is 16.0 Å². The van der Waals surface area contributed by atoms with E-state index in [1.807, 2.05) is 60.4 Å². The maximum absolute atomic E-state index is 12.6. The van der Waals surface area contributed by atoms with Crippen molar-refractivity contribution in [1.29, 1.82) is 0 Å². The molecule has 0 saturated carbocycles. The Morgan fingerprint density at radius 1 is 1.19 bits per heavy atom. The maximum Gasteiger partial charge on any atom is 0.238 e. The van der Waals surface area contributed by atoms with E-state index in [1.165, 1.54) is 0 Å². The number of hydrogen-bond acceptors (Lipinski definition) is 3. The number of para-hydroxylation sites is 2. The predicted molar refractivity (Wildman–Crippen MR) is 108 cm³/mol. The number of nitrogens with zero attached hydrogens (tertiary/aromatic N) is 1. The Labute approximate surface area is 159 Å². The van der Waals surface area contributed by atoms with Crippen LogP contribution in [-0.2, 0) is 9.59 Å². The first-order valence-electron chi connectivity index (χ1n) is 9.00. The summed E-state index contributed by atoms with van der Waals surface area (Å²) in [6.45, 7) is 4.09. The second-order valence-electron chi connectivity index (χ2n) is 6.45. The minimum absolute atomic E-state index is 0.0241. The van der Waals surface area contributed by atoms with Gasteiger partial charge in [0.05, 0.1) is 5.75 Å². The number of nitrogens with one attached hydrogen (secondary N) is 1. The van der Waals surface area contributed by atoms with Crippen molar-refractivity contribution < 1.29 is 9.59 Å². The van der Waals surface area contributed by atoms with E-state index < -0.39 is 0 Å². The molecule has 3 rings (SSSR count). The van der Waals surface area contributed by atoms with Gasteiger partial charge in [0.1, 0.15) is 5.37 Å². The molecular formula is C21H24N2O2S. The van der Waals surface area contributed by atoms with E-state index in [0.29, 0.717) is 12.2 Å². The Morgan fingerprint density at radius 3 is 2.69 bits per heavy atom. The first-order chi connectivity index (χ1) is 12.6. The molecule has 0 aromatic heterocycles. The van der Waals surface area contributed by atoms with Crippen molar-refractivity contribution in [2.24, 2.45) is 0 Å². The Kier molecular flexibility index (Phi) is 5.99. The first kappa shape index (κ1) is 18.5. The van der Waals surface area contributed by atoms with E-state index in [9.17, 15) is 9.59 Å². The molecule has 2 amide bonds. The summed E-state index contributed by atoms with van der Waals surface area (Å²) in [5.74, 6) is 0.564. The first-order valence-corrected chi connectivity index (χ1v) is 10.0. The highest BCUT2D eigenvalue weighted by Gasteiger charge is 2.36. The second kappa shape index (κ2) is 8.41. The molecule has 4 nitrogen and oxygen atoms in total. The molecular weight excluding hydrogens is 344 g/mol. The smallest absolute Gasteiger partial charge is 0.238 e. The lowest BCUT2D eigenvalue weighted by Crippen LogP contribution is -2.29. The van der Waals surface area contributed by atoms with E-state index in [4.69, 9.17) is 0 Å². The highest BCUT2D eigenvalue weighted by Crippen LogP contribution is 2.44. The maximum atomic E-state index is 12.6. The van der Waals surface area contributed by atoms with Gasteiger partial charge in [0.2, 0.25) is 11.8 Å². The zero-order valence-corrected chi connectivity index (χ0v) is 16.0. The minimum atomic E-state index is -0.133. The molecule has 26 heavy (non-hydrogen) atoms. The van der Waals surface area contributed by atoms with Crippen LogP contribution in [0.25, 0.3) is 0 Å². The van der Waals surface area contributed by atoms with E-state index in [1.54, 1.807) is 11.8 Å². The minimum Gasteiger partial charge on any atom is -0.326 e. The van der Waals surface area contributed by atoms with Gasteiger partial charge < -0.3 is 5.32 Å². The Morgan fingerprint density at radius 2 is 1.92 bits per heavy atom. The quantitative estimate of drug-likeness (QED) is 0.789. The third-order valence-corrected chi connectivity index (χ3v) is 5.70. The molecule has 0 radical (unpaired) electrons. The molecule has 1 aliphatic rings. The summed E-state index contributed by atoms with van der Waals surface area (Å²) >= 11 is 1.60. The van der Waals surface area contributed by atoms with Gasteiger partial charge in [0.25, 0.3) is 0 Å². The molecule has 2 aromatic carbocycles. The molecule has 1 aliphatic heterocycles. The highest BCUT2D eigenvalue weighted by molar-refractivity contribution is 8.00. The van der Waals surface area contributed by atoms with Gasteiger partial charge in [0, 0.05) is 23.4 Å². The molecule has 0 unspecified atom stereocenters. The van der Waals surface area contributed by atoms with Crippen LogP contribution in [0.15, 0.2) is 48.5 Å². The molecule has 1 fully saturated rings. The molecule has 0 bridgehead atoms. The van der Waals surface area contributed by atoms with Gasteiger partial charge in [-0.2, -0.15) is 0 Å². The number of rotatable bonds is 6. The summed E-state index contributed by atoms with van der Waals surface area (Å²) in [5, 5.41) is 2.90. The van der Waals surface area contributed by atoms with Crippen molar-refractivity contribution in [3.8, 4) is 0 Å². The predicted octanol–water partition coefficient (Wildman–Crippen LogP) is 4.90. The fourth-order valence-electron chi connectivity index (χ4n) is 3.12. The molecule has 1 heterocycles. The van der Waals surface area contributed by atoms with Crippen molar-refractivity contribution in [3.05, 3.63) is 59.7 Å². The van der Waals surface area contributed by atoms with E-state index >= 15 is 0 Å². The molecule has 2 aromatic rings. The number of carbonyl (C=O) groups is 2. The zero-order valence-electron chi connectivity index (χ0n) is 15.2. The molecule has 136 valence electrons. The van der Waals surface area contributed by atoms with Crippen LogP contribution in [0.4, 0.5) is 11.4 Å². The number of aryl methyl sites for hydroxylation is 1. The number of anilines is 2. The third kappa shape index (κ3) is 3.93. The number of hydrogen-bond donors (Lipinski definition) is 1. The molecule has 1 saturated heterocycles. The largest absolute Gasteiger partial charge is 0.326 e. The Hall–Kier alpha value is -2.27. The second-order valence-corrected chi connectivity index (χ2v) is 7.52. The van der Waals surface area contributed by atoms with Crippen LogP contribution in [0.2, 0.25) is 0 Å². The summed E-state index contributed by atoms with van der Waals surface area (Å²) in [6.07, 6.45) is 2.38. The van der Waals surface area contributed by atoms with Crippen molar-refractivity contribution in [3.63, 3.8) is 0 Å². The number of carbonyl (C=O) groups excluding carboxylic acids is 2. The van der Waals surface area contributed by atoms with Gasteiger partial charge in [-0.05, 0) is 31.0 Å². The fraction of sp³-hybridized carbons (Fsp3) is 0.333. The molecule has 1 atom stereocenters. The lowest BCUT2D eigenvalue weighted by Gasteiger charge is -2.27. The van der Waals surface area contributed by atoms with E-state index in [0.717, 1.165) is 35.3 Å². The summed E-state index contributed by atoms with van der Waals surface area (Å²) in [7, 11) is 0. The highest BCUT2D eigenvalue weighted by atomic mass is 32.2. The normalized spacial score (nSPS) is 16.8. The number of amides is 2. The van der Waals surface area contributed by atoms with Crippen LogP contribution in [0, 0.1) is 6.92 Å². The van der Waals surface area contributed by atoms with Gasteiger partial charge in [-0.25, -0.2) is 0 Å².